The molecule has 0 aliphatic rings. The van der Waals surface area contributed by atoms with Crippen molar-refractivity contribution in [1.82, 2.24) is 5.32 Å². The lowest BCUT2D eigenvalue weighted by atomic mass is 9.90. The van der Waals surface area contributed by atoms with Crippen LogP contribution in [0.5, 0.6) is 0 Å². The third-order valence-electron chi connectivity index (χ3n) is 4.13. The Hall–Kier alpha value is 0.110. The molecule has 0 fully saturated rings. The molecule has 1 rings (SSSR count). The van der Waals surface area contributed by atoms with Gasteiger partial charge in [-0.15, -0.1) is 0 Å². The molecule has 10 nitrogen and oxygen atoms in total. The number of hydrogen-bond donors (Lipinski definition) is 8. The predicted octanol–water partition coefficient (Wildman–Crippen LogP) is -1.02. The monoisotopic (exact) mass is 750 g/mol. The van der Waals surface area contributed by atoms with Crippen LogP contribution >= 0.6 is 67.8 Å². The molecule has 0 saturated carbocycles. The SMILES string of the molecule is O=C(NCC(O)CO)c1c(I)c(CO)c(I)c(NC(=O)C(CO)(CO)CO)c1I. The van der Waals surface area contributed by atoms with Crippen LogP contribution < -0.4 is 10.6 Å². The van der Waals surface area contributed by atoms with Crippen LogP contribution in [0.3, 0.4) is 0 Å². The summed E-state index contributed by atoms with van der Waals surface area (Å²) in [5.41, 5.74) is -1.15. The summed E-state index contributed by atoms with van der Waals surface area (Å²) >= 11 is 5.62. The molecule has 164 valence electrons. The van der Waals surface area contributed by atoms with Gasteiger partial charge >= 0.3 is 0 Å². The first-order valence-corrected chi connectivity index (χ1v) is 11.4. The van der Waals surface area contributed by atoms with E-state index in [1.54, 1.807) is 0 Å². The van der Waals surface area contributed by atoms with Gasteiger partial charge < -0.3 is 41.3 Å². The van der Waals surface area contributed by atoms with Gasteiger partial charge in [-0.25, -0.2) is 0 Å². The van der Waals surface area contributed by atoms with Crippen LogP contribution in [-0.4, -0.2) is 81.5 Å². The van der Waals surface area contributed by atoms with Gasteiger partial charge in [0.25, 0.3) is 5.91 Å². The van der Waals surface area contributed by atoms with Crippen molar-refractivity contribution in [2.24, 2.45) is 5.41 Å². The van der Waals surface area contributed by atoms with E-state index in [2.05, 4.69) is 10.6 Å². The lowest BCUT2D eigenvalue weighted by molar-refractivity contribution is -0.134. The van der Waals surface area contributed by atoms with E-state index >= 15 is 0 Å². The molecule has 0 aromatic heterocycles. The summed E-state index contributed by atoms with van der Waals surface area (Å²) in [5.74, 6) is -1.45. The summed E-state index contributed by atoms with van der Waals surface area (Å²) < 4.78 is 1.20. The number of aliphatic hydroxyl groups is 6. The minimum atomic E-state index is -1.83. The fourth-order valence-electron chi connectivity index (χ4n) is 2.14. The molecule has 1 aromatic rings. The quantitative estimate of drug-likeness (QED) is 0.140. The number of carbonyl (C=O) groups is 2. The van der Waals surface area contributed by atoms with Gasteiger partial charge in [-0.1, -0.05) is 0 Å². The summed E-state index contributed by atoms with van der Waals surface area (Å²) in [6.45, 7) is -3.57. The van der Waals surface area contributed by atoms with Crippen LogP contribution in [0.2, 0.25) is 0 Å². The number of amides is 2. The Labute approximate surface area is 207 Å². The zero-order valence-corrected chi connectivity index (χ0v) is 21.4. The molecule has 0 saturated heterocycles. The lowest BCUT2D eigenvalue weighted by Gasteiger charge is -2.27. The molecule has 0 aliphatic carbocycles. The van der Waals surface area contributed by atoms with Crippen molar-refractivity contribution < 1.29 is 40.2 Å². The first-order chi connectivity index (χ1) is 13.6. The minimum absolute atomic E-state index is 0.138. The van der Waals surface area contributed by atoms with Crippen molar-refractivity contribution in [2.75, 3.05) is 38.3 Å². The van der Waals surface area contributed by atoms with Crippen LogP contribution in [0, 0.1) is 16.1 Å². The number of nitrogens with one attached hydrogen (secondary N) is 2. The molecule has 8 N–H and O–H groups in total. The van der Waals surface area contributed by atoms with Gasteiger partial charge in [-0.2, -0.15) is 0 Å². The van der Waals surface area contributed by atoms with Crippen LogP contribution in [0.1, 0.15) is 15.9 Å². The highest BCUT2D eigenvalue weighted by molar-refractivity contribution is 14.1. The summed E-state index contributed by atoms with van der Waals surface area (Å²) in [4.78, 5) is 25.3. The van der Waals surface area contributed by atoms with Crippen molar-refractivity contribution in [3.05, 3.63) is 21.8 Å². The third kappa shape index (κ3) is 6.09. The first-order valence-electron chi connectivity index (χ1n) is 8.15. The second-order valence-electron chi connectivity index (χ2n) is 6.08. The van der Waals surface area contributed by atoms with Crippen LogP contribution in [0.4, 0.5) is 5.69 Å². The van der Waals surface area contributed by atoms with Crippen molar-refractivity contribution >= 4 is 85.3 Å². The topological polar surface area (TPSA) is 180 Å². The Morgan fingerprint density at radius 1 is 0.931 bits per heavy atom. The van der Waals surface area contributed by atoms with E-state index in [9.17, 15) is 35.1 Å². The van der Waals surface area contributed by atoms with Crippen LogP contribution in [-0.2, 0) is 11.4 Å². The molecule has 1 unspecified atom stereocenters. The minimum Gasteiger partial charge on any atom is -0.395 e. The Balaban J connectivity index is 3.45. The van der Waals surface area contributed by atoms with E-state index in [1.807, 2.05) is 67.8 Å². The number of benzene rings is 1. The van der Waals surface area contributed by atoms with Gasteiger partial charge in [0, 0.05) is 19.2 Å². The highest BCUT2D eigenvalue weighted by Crippen LogP contribution is 2.36. The number of halogens is 3. The van der Waals surface area contributed by atoms with Gasteiger partial charge in [0.1, 0.15) is 5.41 Å². The largest absolute Gasteiger partial charge is 0.395 e. The maximum absolute atomic E-state index is 12.7. The van der Waals surface area contributed by atoms with Crippen LogP contribution in [0.15, 0.2) is 0 Å². The van der Waals surface area contributed by atoms with E-state index in [-0.39, 0.29) is 17.8 Å². The third-order valence-corrected chi connectivity index (χ3v) is 7.59. The molecular formula is C16H21I3N2O8. The van der Waals surface area contributed by atoms with E-state index in [1.165, 1.54) is 0 Å². The smallest absolute Gasteiger partial charge is 0.253 e. The van der Waals surface area contributed by atoms with Gasteiger partial charge in [-0.3, -0.25) is 9.59 Å². The Kier molecular flexibility index (Phi) is 11.4. The molecule has 13 heteroatoms. The predicted molar refractivity (Wildman–Crippen MR) is 128 cm³/mol. The maximum Gasteiger partial charge on any atom is 0.253 e. The number of rotatable bonds is 10. The van der Waals surface area contributed by atoms with Gasteiger partial charge in [0.2, 0.25) is 5.91 Å². The number of hydrogen-bond acceptors (Lipinski definition) is 8. The second kappa shape index (κ2) is 12.2. The molecule has 0 aliphatic heterocycles. The fourth-order valence-corrected chi connectivity index (χ4v) is 6.41. The van der Waals surface area contributed by atoms with Crippen molar-refractivity contribution in [3.8, 4) is 0 Å². The molecule has 0 heterocycles. The summed E-state index contributed by atoms with van der Waals surface area (Å²) in [5, 5.41) is 61.5. The normalized spacial score (nSPS) is 12.6. The number of carbonyl (C=O) groups excluding carboxylic acids is 2. The van der Waals surface area contributed by atoms with E-state index in [0.29, 0.717) is 16.3 Å². The average Bonchev–Trinajstić information content (AvgIpc) is 2.71. The molecule has 0 radical (unpaired) electrons. The van der Waals surface area contributed by atoms with Crippen molar-refractivity contribution in [3.63, 3.8) is 0 Å². The molecule has 0 spiro atoms. The fraction of sp³-hybridized carbons (Fsp3) is 0.500. The summed E-state index contributed by atoms with van der Waals surface area (Å²) in [7, 11) is 0. The van der Waals surface area contributed by atoms with Gasteiger partial charge in [-0.05, 0) is 67.8 Å². The molecule has 1 aromatic carbocycles. The standard InChI is InChI=1S/C16H21I3N2O8/c17-10-8(3-23)11(18)13(21-15(29)16(4-24,5-25)6-26)12(19)9(10)14(28)20-1-7(27)2-22/h7,22-27H,1-6H2,(H,20,28)(H,21,29). The van der Waals surface area contributed by atoms with Gasteiger partial charge in [0.15, 0.2) is 0 Å². The molecule has 2 amide bonds. The zero-order chi connectivity index (χ0) is 22.4. The molecule has 29 heavy (non-hydrogen) atoms. The van der Waals surface area contributed by atoms with Crippen molar-refractivity contribution in [2.45, 2.75) is 12.7 Å². The van der Waals surface area contributed by atoms with E-state index in [0.717, 1.165) is 0 Å². The van der Waals surface area contributed by atoms with E-state index < -0.39 is 56.4 Å². The number of anilines is 1. The molecule has 0 bridgehead atoms. The second-order valence-corrected chi connectivity index (χ2v) is 9.32. The van der Waals surface area contributed by atoms with Gasteiger partial charge in [0.05, 0.1) is 54.0 Å². The maximum atomic E-state index is 12.7. The summed E-state index contributed by atoms with van der Waals surface area (Å²) in [6, 6.07) is 0. The van der Waals surface area contributed by atoms with E-state index in [4.69, 9.17) is 5.11 Å². The highest BCUT2D eigenvalue weighted by atomic mass is 127. The average molecular weight is 750 g/mol. The van der Waals surface area contributed by atoms with Crippen molar-refractivity contribution in [1.29, 1.82) is 0 Å². The Morgan fingerprint density at radius 2 is 1.48 bits per heavy atom. The first kappa shape index (κ1) is 27.1. The molecule has 1 atom stereocenters. The Morgan fingerprint density at radius 3 is 1.93 bits per heavy atom. The number of aliphatic hydroxyl groups excluding tert-OH is 6. The van der Waals surface area contributed by atoms with Crippen LogP contribution in [0.25, 0.3) is 0 Å². The highest BCUT2D eigenvalue weighted by Gasteiger charge is 2.38. The Bertz CT molecular complexity index is 750. The summed E-state index contributed by atoms with van der Waals surface area (Å²) in [6.07, 6.45) is -1.14. The lowest BCUT2D eigenvalue weighted by Crippen LogP contribution is -2.46. The zero-order valence-electron chi connectivity index (χ0n) is 15.0. The molecular weight excluding hydrogens is 729 g/mol.